The number of nitrogens with two attached hydrogens (primary N) is 1. The molecule has 19 heavy (non-hydrogen) atoms. The van der Waals surface area contributed by atoms with E-state index >= 15 is 0 Å². The third-order valence-electron chi connectivity index (χ3n) is 2.45. The molecule has 5 heteroatoms. The van der Waals surface area contributed by atoms with Crippen molar-refractivity contribution in [3.63, 3.8) is 0 Å². The Morgan fingerprint density at radius 1 is 1.00 bits per heavy atom. The maximum atomic E-state index is 11.2. The van der Waals surface area contributed by atoms with E-state index < -0.39 is 18.5 Å². The van der Waals surface area contributed by atoms with Crippen molar-refractivity contribution in [3.05, 3.63) is 42.5 Å². The van der Waals surface area contributed by atoms with Crippen LogP contribution in [0.2, 0.25) is 0 Å². The summed E-state index contributed by atoms with van der Waals surface area (Å²) in [5, 5.41) is 2.11. The van der Waals surface area contributed by atoms with Gasteiger partial charge in [0, 0.05) is 0 Å². The van der Waals surface area contributed by atoms with Crippen molar-refractivity contribution < 1.29 is 19.1 Å². The highest BCUT2D eigenvalue weighted by Crippen LogP contribution is 2.20. The van der Waals surface area contributed by atoms with Gasteiger partial charge in [0.15, 0.2) is 13.2 Å². The molecule has 2 N–H and O–H groups in total. The second-order valence-corrected chi connectivity index (χ2v) is 3.92. The number of benzene rings is 2. The van der Waals surface area contributed by atoms with Crippen molar-refractivity contribution in [2.45, 2.75) is 0 Å². The van der Waals surface area contributed by atoms with Crippen LogP contribution in [0.15, 0.2) is 42.5 Å². The van der Waals surface area contributed by atoms with E-state index in [1.807, 2.05) is 36.4 Å². The quantitative estimate of drug-likeness (QED) is 0.819. The summed E-state index contributed by atoms with van der Waals surface area (Å²) in [5.74, 6) is -0.763. The van der Waals surface area contributed by atoms with Crippen LogP contribution in [-0.4, -0.2) is 25.1 Å². The number of hydrogen-bond donors (Lipinski definition) is 1. The molecule has 2 aromatic rings. The lowest BCUT2D eigenvalue weighted by atomic mass is 10.1. The second kappa shape index (κ2) is 5.86. The van der Waals surface area contributed by atoms with Crippen molar-refractivity contribution in [3.8, 4) is 5.75 Å². The fraction of sp³-hybridized carbons (Fsp3) is 0.143. The van der Waals surface area contributed by atoms with E-state index in [4.69, 9.17) is 10.5 Å². The highest BCUT2D eigenvalue weighted by Gasteiger charge is 2.06. The highest BCUT2D eigenvalue weighted by molar-refractivity contribution is 5.84. The van der Waals surface area contributed by atoms with E-state index in [2.05, 4.69) is 4.74 Å². The van der Waals surface area contributed by atoms with Crippen LogP contribution in [0.3, 0.4) is 0 Å². The molecule has 0 spiro atoms. The molecule has 0 fully saturated rings. The van der Waals surface area contributed by atoms with Crippen LogP contribution in [0.1, 0.15) is 0 Å². The Balaban J connectivity index is 1.94. The van der Waals surface area contributed by atoms with Gasteiger partial charge in [0.2, 0.25) is 0 Å². The summed E-state index contributed by atoms with van der Waals surface area (Å²) in [6, 6.07) is 13.3. The number of esters is 1. The molecule has 0 heterocycles. The van der Waals surface area contributed by atoms with Crippen LogP contribution in [-0.2, 0) is 14.3 Å². The van der Waals surface area contributed by atoms with Gasteiger partial charge >= 0.3 is 5.97 Å². The first-order valence-corrected chi connectivity index (χ1v) is 5.71. The molecule has 0 saturated heterocycles. The number of carbonyl (C=O) groups is 2. The normalized spacial score (nSPS) is 10.1. The lowest BCUT2D eigenvalue weighted by Crippen LogP contribution is -2.23. The number of amides is 1. The third-order valence-corrected chi connectivity index (χ3v) is 2.45. The van der Waals surface area contributed by atoms with Crippen LogP contribution < -0.4 is 10.5 Å². The summed E-state index contributed by atoms with van der Waals surface area (Å²) in [5.41, 5.74) is 4.85. The van der Waals surface area contributed by atoms with Gasteiger partial charge in [0.1, 0.15) is 5.75 Å². The topological polar surface area (TPSA) is 78.6 Å². The Morgan fingerprint density at radius 2 is 1.74 bits per heavy atom. The molecule has 0 saturated carbocycles. The van der Waals surface area contributed by atoms with Gasteiger partial charge in [-0.05, 0) is 22.9 Å². The molecule has 0 aliphatic rings. The minimum absolute atomic E-state index is 0.258. The summed E-state index contributed by atoms with van der Waals surface area (Å²) in [7, 11) is 0. The van der Waals surface area contributed by atoms with E-state index in [1.165, 1.54) is 0 Å². The van der Waals surface area contributed by atoms with Crippen molar-refractivity contribution in [2.24, 2.45) is 5.73 Å². The molecule has 0 unspecified atom stereocenters. The highest BCUT2D eigenvalue weighted by atomic mass is 16.6. The van der Waals surface area contributed by atoms with Gasteiger partial charge in [0.25, 0.3) is 5.91 Å². The number of ether oxygens (including phenoxy) is 2. The Kier molecular flexibility index (Phi) is 3.97. The number of primary amides is 1. The first-order chi connectivity index (χ1) is 9.15. The van der Waals surface area contributed by atoms with Crippen molar-refractivity contribution in [1.82, 2.24) is 0 Å². The molecule has 2 aromatic carbocycles. The van der Waals surface area contributed by atoms with Crippen LogP contribution >= 0.6 is 0 Å². The zero-order valence-corrected chi connectivity index (χ0v) is 10.2. The number of rotatable bonds is 5. The zero-order valence-electron chi connectivity index (χ0n) is 10.2. The average Bonchev–Trinajstić information content (AvgIpc) is 2.42. The number of carbonyl (C=O) groups excluding carboxylic acids is 2. The molecule has 1 amide bonds. The fourth-order valence-corrected chi connectivity index (χ4v) is 1.59. The molecule has 0 aromatic heterocycles. The fourth-order valence-electron chi connectivity index (χ4n) is 1.59. The molecule has 2 rings (SSSR count). The van der Waals surface area contributed by atoms with Crippen LogP contribution in [0.4, 0.5) is 0 Å². The summed E-state index contributed by atoms with van der Waals surface area (Å²) in [6.45, 7) is -0.689. The Morgan fingerprint density at radius 3 is 2.47 bits per heavy atom. The van der Waals surface area contributed by atoms with Crippen LogP contribution in [0, 0.1) is 0 Å². The molecule has 0 radical (unpaired) electrons. The summed E-state index contributed by atoms with van der Waals surface area (Å²) >= 11 is 0. The SMILES string of the molecule is NC(=O)COC(=O)COc1ccc2ccccc2c1. The van der Waals surface area contributed by atoms with E-state index in [1.54, 1.807) is 6.07 Å². The summed E-state index contributed by atoms with van der Waals surface area (Å²) in [6.07, 6.45) is 0. The van der Waals surface area contributed by atoms with Crippen molar-refractivity contribution in [2.75, 3.05) is 13.2 Å². The molecule has 0 aliphatic carbocycles. The molecule has 0 aliphatic heterocycles. The molecule has 5 nitrogen and oxygen atoms in total. The summed E-state index contributed by atoms with van der Waals surface area (Å²) in [4.78, 5) is 21.7. The predicted octanol–water partition coefficient (Wildman–Crippen LogP) is 1.25. The standard InChI is InChI=1S/C14H13NO4/c15-13(16)8-19-14(17)9-18-12-6-5-10-3-1-2-4-11(10)7-12/h1-7H,8-9H2,(H2,15,16). The lowest BCUT2D eigenvalue weighted by Gasteiger charge is -2.07. The Bertz CT molecular complexity index is 609. The molecular formula is C14H13NO4. The van der Waals surface area contributed by atoms with E-state index in [-0.39, 0.29) is 6.61 Å². The largest absolute Gasteiger partial charge is 0.482 e. The third kappa shape index (κ3) is 3.70. The summed E-state index contributed by atoms with van der Waals surface area (Å²) < 4.78 is 9.86. The van der Waals surface area contributed by atoms with E-state index in [0.29, 0.717) is 5.75 Å². The number of hydrogen-bond acceptors (Lipinski definition) is 4. The molecular weight excluding hydrogens is 246 g/mol. The lowest BCUT2D eigenvalue weighted by molar-refractivity contribution is -0.149. The van der Waals surface area contributed by atoms with Crippen molar-refractivity contribution in [1.29, 1.82) is 0 Å². The zero-order chi connectivity index (χ0) is 13.7. The minimum Gasteiger partial charge on any atom is -0.482 e. The van der Waals surface area contributed by atoms with E-state index in [9.17, 15) is 9.59 Å². The van der Waals surface area contributed by atoms with Crippen molar-refractivity contribution >= 4 is 22.6 Å². The molecule has 98 valence electrons. The van der Waals surface area contributed by atoms with Gasteiger partial charge in [-0.1, -0.05) is 30.3 Å². The predicted molar refractivity (Wildman–Crippen MR) is 69.6 cm³/mol. The maximum Gasteiger partial charge on any atom is 0.344 e. The van der Waals surface area contributed by atoms with Gasteiger partial charge in [-0.3, -0.25) is 4.79 Å². The first kappa shape index (κ1) is 12.9. The van der Waals surface area contributed by atoms with Gasteiger partial charge in [-0.25, -0.2) is 4.79 Å². The van der Waals surface area contributed by atoms with Gasteiger partial charge in [-0.15, -0.1) is 0 Å². The number of fused-ring (bicyclic) bond motifs is 1. The van der Waals surface area contributed by atoms with Gasteiger partial charge in [-0.2, -0.15) is 0 Å². The second-order valence-electron chi connectivity index (χ2n) is 3.92. The first-order valence-electron chi connectivity index (χ1n) is 5.71. The van der Waals surface area contributed by atoms with Gasteiger partial charge in [0.05, 0.1) is 0 Å². The van der Waals surface area contributed by atoms with Crippen LogP contribution in [0.25, 0.3) is 10.8 Å². The van der Waals surface area contributed by atoms with E-state index in [0.717, 1.165) is 10.8 Å². The minimum atomic E-state index is -0.695. The smallest absolute Gasteiger partial charge is 0.344 e. The van der Waals surface area contributed by atoms with Gasteiger partial charge < -0.3 is 15.2 Å². The Hall–Kier alpha value is -2.56. The molecule has 0 bridgehead atoms. The average molecular weight is 259 g/mol. The molecule has 0 atom stereocenters. The Labute approximate surface area is 109 Å². The monoisotopic (exact) mass is 259 g/mol. The maximum absolute atomic E-state index is 11.2. The van der Waals surface area contributed by atoms with Crippen LogP contribution in [0.5, 0.6) is 5.75 Å².